The van der Waals surface area contributed by atoms with Crippen LogP contribution in [0.2, 0.25) is 0 Å². The van der Waals surface area contributed by atoms with E-state index in [9.17, 15) is 4.79 Å². The van der Waals surface area contributed by atoms with E-state index in [0.717, 1.165) is 25.5 Å². The number of carbonyl (C=O) groups is 1. The molecule has 1 aliphatic heterocycles. The first-order valence-corrected chi connectivity index (χ1v) is 6.84. The van der Waals surface area contributed by atoms with Gasteiger partial charge in [0.05, 0.1) is 17.9 Å². The van der Waals surface area contributed by atoms with Crippen LogP contribution < -0.4 is 0 Å². The molecule has 0 saturated carbocycles. The smallest absolute Gasteiger partial charge is 0.257 e. The normalized spacial score (nSPS) is 20.2. The van der Waals surface area contributed by atoms with Crippen molar-refractivity contribution in [3.8, 4) is 0 Å². The minimum atomic E-state index is 0.0195. The summed E-state index contributed by atoms with van der Waals surface area (Å²) in [5.41, 5.74) is 0.605. The van der Waals surface area contributed by atoms with Crippen LogP contribution >= 0.6 is 0 Å². The summed E-state index contributed by atoms with van der Waals surface area (Å²) in [6, 6.07) is 1.83. The van der Waals surface area contributed by atoms with E-state index in [2.05, 4.69) is 21.8 Å². The molecule has 1 N–H and O–H groups in total. The minimum absolute atomic E-state index is 0.0195. The fourth-order valence-electron chi connectivity index (χ4n) is 2.67. The number of furan rings is 1. The Labute approximate surface area is 117 Å². The van der Waals surface area contributed by atoms with Crippen LogP contribution in [0, 0.1) is 0 Å². The molecule has 0 radical (unpaired) electrons. The van der Waals surface area contributed by atoms with Crippen LogP contribution in [0.25, 0.3) is 0 Å². The first-order chi connectivity index (χ1) is 9.79. The maximum absolute atomic E-state index is 12.4. The molecule has 0 unspecified atom stereocenters. The average molecular weight is 274 g/mol. The molecular weight excluding hydrogens is 256 g/mol. The van der Waals surface area contributed by atoms with Gasteiger partial charge in [0, 0.05) is 32.0 Å². The number of aromatic amines is 1. The first kappa shape index (κ1) is 12.9. The number of piperazine rings is 1. The summed E-state index contributed by atoms with van der Waals surface area (Å²) >= 11 is 0. The largest absolute Gasteiger partial charge is 0.472 e. The fourth-order valence-corrected chi connectivity index (χ4v) is 2.67. The van der Waals surface area contributed by atoms with Gasteiger partial charge in [-0.2, -0.15) is 0 Å². The number of likely N-dealkylation sites (N-methyl/N-ethyl adjacent to an activating group) is 1. The number of H-pyrrole nitrogens is 1. The molecule has 0 bridgehead atoms. The fraction of sp³-hybridized carbons (Fsp3) is 0.429. The van der Waals surface area contributed by atoms with Crippen molar-refractivity contribution in [1.29, 1.82) is 0 Å². The van der Waals surface area contributed by atoms with Gasteiger partial charge in [0.1, 0.15) is 12.1 Å². The number of rotatable bonds is 3. The highest BCUT2D eigenvalue weighted by Crippen LogP contribution is 2.23. The zero-order chi connectivity index (χ0) is 13.9. The van der Waals surface area contributed by atoms with Crippen LogP contribution in [-0.4, -0.2) is 51.9 Å². The molecule has 0 spiro atoms. The number of amides is 1. The first-order valence-electron chi connectivity index (χ1n) is 6.84. The molecule has 0 aromatic carbocycles. The van der Waals surface area contributed by atoms with Crippen molar-refractivity contribution in [3.63, 3.8) is 0 Å². The standard InChI is InChI=1S/C14H18N4O2/c1-2-17-6-7-18(14(19)11-3-8-20-10-11)9-12(17)13-15-4-5-16-13/h3-5,8,10,12H,2,6-7,9H2,1H3,(H,15,16)/t12-/m1/s1. The van der Waals surface area contributed by atoms with E-state index in [4.69, 9.17) is 4.42 Å². The SMILES string of the molecule is CCN1CCN(C(=O)c2ccoc2)C[C@@H]1c1ncc[nH]1. The van der Waals surface area contributed by atoms with Crippen LogP contribution in [0.3, 0.4) is 0 Å². The lowest BCUT2D eigenvalue weighted by Crippen LogP contribution is -2.50. The van der Waals surface area contributed by atoms with Crippen molar-refractivity contribution in [1.82, 2.24) is 19.8 Å². The Hall–Kier alpha value is -2.08. The summed E-state index contributed by atoms with van der Waals surface area (Å²) < 4.78 is 4.99. The highest BCUT2D eigenvalue weighted by atomic mass is 16.3. The molecule has 0 aliphatic carbocycles. The molecule has 1 saturated heterocycles. The second kappa shape index (κ2) is 5.50. The Morgan fingerprint density at radius 3 is 3.10 bits per heavy atom. The van der Waals surface area contributed by atoms with E-state index < -0.39 is 0 Å². The minimum Gasteiger partial charge on any atom is -0.472 e. The average Bonchev–Trinajstić information content (AvgIpc) is 3.18. The summed E-state index contributed by atoms with van der Waals surface area (Å²) in [6.45, 7) is 5.30. The van der Waals surface area contributed by atoms with Gasteiger partial charge in [-0.1, -0.05) is 6.92 Å². The van der Waals surface area contributed by atoms with Gasteiger partial charge in [-0.25, -0.2) is 4.98 Å². The van der Waals surface area contributed by atoms with Crippen LogP contribution in [-0.2, 0) is 0 Å². The van der Waals surface area contributed by atoms with E-state index in [1.807, 2.05) is 11.1 Å². The second-order valence-electron chi connectivity index (χ2n) is 4.88. The quantitative estimate of drug-likeness (QED) is 0.921. The van der Waals surface area contributed by atoms with Gasteiger partial charge in [-0.05, 0) is 12.6 Å². The Kier molecular flexibility index (Phi) is 3.56. The Bertz CT molecular complexity index is 550. The van der Waals surface area contributed by atoms with E-state index in [0.29, 0.717) is 12.1 Å². The molecule has 2 aromatic heterocycles. The third kappa shape index (κ3) is 2.34. The molecule has 1 atom stereocenters. The lowest BCUT2D eigenvalue weighted by molar-refractivity contribution is 0.0479. The molecular formula is C14H18N4O2. The molecule has 6 nitrogen and oxygen atoms in total. The molecule has 6 heteroatoms. The van der Waals surface area contributed by atoms with Gasteiger partial charge in [0.15, 0.2) is 0 Å². The van der Waals surface area contributed by atoms with Crippen LogP contribution in [0.4, 0.5) is 0 Å². The van der Waals surface area contributed by atoms with Crippen LogP contribution in [0.5, 0.6) is 0 Å². The topological polar surface area (TPSA) is 65.4 Å². The lowest BCUT2D eigenvalue weighted by atomic mass is 10.1. The number of nitrogens with zero attached hydrogens (tertiary/aromatic N) is 3. The monoisotopic (exact) mass is 274 g/mol. The maximum Gasteiger partial charge on any atom is 0.257 e. The number of hydrogen-bond donors (Lipinski definition) is 1. The van der Waals surface area contributed by atoms with Crippen molar-refractivity contribution in [3.05, 3.63) is 42.4 Å². The predicted octanol–water partition coefficient (Wildman–Crippen LogP) is 1.52. The molecule has 1 aliphatic rings. The summed E-state index contributed by atoms with van der Waals surface area (Å²) in [6.07, 6.45) is 6.59. The van der Waals surface area contributed by atoms with Crippen LogP contribution in [0.1, 0.15) is 29.1 Å². The molecule has 1 fully saturated rings. The molecule has 1 amide bonds. The highest BCUT2D eigenvalue weighted by Gasteiger charge is 2.31. The number of aromatic nitrogens is 2. The lowest BCUT2D eigenvalue weighted by Gasteiger charge is -2.39. The van der Waals surface area contributed by atoms with Crippen molar-refractivity contribution >= 4 is 5.91 Å². The Morgan fingerprint density at radius 1 is 1.55 bits per heavy atom. The van der Waals surface area contributed by atoms with Crippen molar-refractivity contribution in [2.45, 2.75) is 13.0 Å². The summed E-state index contributed by atoms with van der Waals surface area (Å²) in [7, 11) is 0. The van der Waals surface area contributed by atoms with E-state index in [1.54, 1.807) is 12.3 Å². The summed E-state index contributed by atoms with van der Waals surface area (Å²) in [5, 5.41) is 0. The molecule has 2 aromatic rings. The maximum atomic E-state index is 12.4. The summed E-state index contributed by atoms with van der Waals surface area (Å²) in [5.74, 6) is 0.933. The molecule has 3 rings (SSSR count). The van der Waals surface area contributed by atoms with Gasteiger partial charge in [0.2, 0.25) is 0 Å². The van der Waals surface area contributed by atoms with Crippen molar-refractivity contribution in [2.24, 2.45) is 0 Å². The Morgan fingerprint density at radius 2 is 2.45 bits per heavy atom. The number of hydrogen-bond acceptors (Lipinski definition) is 4. The predicted molar refractivity (Wildman–Crippen MR) is 73.2 cm³/mol. The van der Waals surface area contributed by atoms with Gasteiger partial charge in [0.25, 0.3) is 5.91 Å². The summed E-state index contributed by atoms with van der Waals surface area (Å²) in [4.78, 5) is 24.1. The van der Waals surface area contributed by atoms with Crippen molar-refractivity contribution in [2.75, 3.05) is 26.2 Å². The Balaban J connectivity index is 1.78. The van der Waals surface area contributed by atoms with Gasteiger partial charge in [-0.15, -0.1) is 0 Å². The third-order valence-electron chi connectivity index (χ3n) is 3.79. The van der Waals surface area contributed by atoms with Crippen molar-refractivity contribution < 1.29 is 9.21 Å². The van der Waals surface area contributed by atoms with Gasteiger partial charge >= 0.3 is 0 Å². The number of imidazole rings is 1. The van der Waals surface area contributed by atoms with Gasteiger partial charge in [-0.3, -0.25) is 9.69 Å². The molecule has 106 valence electrons. The second-order valence-corrected chi connectivity index (χ2v) is 4.88. The number of carbonyl (C=O) groups excluding carboxylic acids is 1. The van der Waals surface area contributed by atoms with E-state index in [-0.39, 0.29) is 11.9 Å². The molecule has 20 heavy (non-hydrogen) atoms. The van der Waals surface area contributed by atoms with E-state index >= 15 is 0 Å². The highest BCUT2D eigenvalue weighted by molar-refractivity contribution is 5.93. The molecule has 3 heterocycles. The van der Waals surface area contributed by atoms with Crippen LogP contribution in [0.15, 0.2) is 35.4 Å². The van der Waals surface area contributed by atoms with E-state index in [1.165, 1.54) is 12.5 Å². The zero-order valence-electron chi connectivity index (χ0n) is 11.5. The zero-order valence-corrected chi connectivity index (χ0v) is 11.5. The van der Waals surface area contributed by atoms with Gasteiger partial charge < -0.3 is 14.3 Å². The third-order valence-corrected chi connectivity index (χ3v) is 3.79. The number of nitrogens with one attached hydrogen (secondary N) is 1.